The minimum Gasteiger partial charge on any atom is -0.497 e. The molecule has 1 amide bonds. The molecule has 3 fully saturated rings. The van der Waals surface area contributed by atoms with Crippen molar-refractivity contribution in [3.63, 3.8) is 0 Å². The van der Waals surface area contributed by atoms with Gasteiger partial charge in [0.25, 0.3) is 11.4 Å². The number of nitrogen functional groups attached to an aromatic ring is 1. The first-order chi connectivity index (χ1) is 42.6. The van der Waals surface area contributed by atoms with Crippen molar-refractivity contribution >= 4 is 81.0 Å². The van der Waals surface area contributed by atoms with E-state index in [0.29, 0.717) is 11.5 Å². The number of amides is 1. The number of aliphatic hydroxyl groups is 2. The Labute approximate surface area is 533 Å². The first-order valence-corrected chi connectivity index (χ1v) is 28.6. The maximum absolute atomic E-state index is 13.8. The SMILES string of the molecule is COc1ccc(CNc2ccc(Cl)cc2C(=O)C(F)(F)F)cc1.COc1ccc(CNc2ccc(Cl)cc2[C@@](O)(C#CC2CC2)C(F)(F)F)cc1.Nc1ccc(Cl)cc1[C@@](O)(C#CC1CC1)C(F)(F)F.O=C1Nc2ccc(Cl)cc2[C@@](C#CC2CC2)(C(F)(F)F)O1. The van der Waals surface area contributed by atoms with Crippen LogP contribution in [0.25, 0.3) is 0 Å². The highest BCUT2D eigenvalue weighted by Gasteiger charge is 2.62. The van der Waals surface area contributed by atoms with E-state index in [1.165, 1.54) is 55.6 Å². The number of carbonyl (C=O) groups excluding carboxylic acids is 2. The minimum atomic E-state index is -4.98. The number of carbonyl (C=O) groups is 2. The predicted molar refractivity (Wildman–Crippen MR) is 320 cm³/mol. The summed E-state index contributed by atoms with van der Waals surface area (Å²) in [5, 5.41) is 28.8. The van der Waals surface area contributed by atoms with Gasteiger partial charge in [0, 0.05) is 84.7 Å². The fourth-order valence-electron chi connectivity index (χ4n) is 8.21. The topological polar surface area (TPSA) is 164 Å². The second-order valence-electron chi connectivity index (χ2n) is 20.8. The first-order valence-electron chi connectivity index (χ1n) is 27.1. The third kappa shape index (κ3) is 18.5. The lowest BCUT2D eigenvalue weighted by Gasteiger charge is -2.35. The highest BCUT2D eigenvalue weighted by Crippen LogP contribution is 2.49. The van der Waals surface area contributed by atoms with Crippen molar-refractivity contribution in [2.24, 2.45) is 17.8 Å². The predicted octanol–water partition coefficient (Wildman–Crippen LogP) is 17.0. The molecular formula is C64H52Cl4F12N4O7. The number of benzene rings is 6. The van der Waals surface area contributed by atoms with Crippen LogP contribution in [0.4, 0.5) is 80.2 Å². The molecular weight excluding hydrogens is 1310 g/mol. The molecule has 1 heterocycles. The summed E-state index contributed by atoms with van der Waals surface area (Å²) < 4.78 is 174. The third-order valence-corrected chi connectivity index (χ3v) is 14.6. The number of nitrogens with two attached hydrogens (primary N) is 1. The summed E-state index contributed by atoms with van der Waals surface area (Å²) >= 11 is 23.1. The van der Waals surface area contributed by atoms with Gasteiger partial charge in [-0.2, -0.15) is 52.7 Å². The van der Waals surface area contributed by atoms with Crippen LogP contribution in [0.1, 0.15) is 76.7 Å². The van der Waals surface area contributed by atoms with Crippen molar-refractivity contribution in [3.8, 4) is 47.0 Å². The van der Waals surface area contributed by atoms with Crippen molar-refractivity contribution in [1.82, 2.24) is 0 Å². The summed E-state index contributed by atoms with van der Waals surface area (Å²) in [5.41, 5.74) is -4.14. The average molecular weight is 1360 g/mol. The number of cyclic esters (lactones) is 1. The maximum atomic E-state index is 13.8. The van der Waals surface area contributed by atoms with Crippen LogP contribution in [-0.2, 0) is 34.6 Å². The van der Waals surface area contributed by atoms with Crippen molar-refractivity contribution in [3.05, 3.63) is 175 Å². The molecule has 0 bridgehead atoms. The van der Waals surface area contributed by atoms with E-state index in [1.807, 2.05) is 5.92 Å². The number of alkyl halides is 12. The van der Waals surface area contributed by atoms with Crippen molar-refractivity contribution in [2.75, 3.05) is 35.9 Å². The zero-order valence-electron chi connectivity index (χ0n) is 47.5. The van der Waals surface area contributed by atoms with Gasteiger partial charge in [0.05, 0.1) is 25.5 Å². The number of nitrogens with one attached hydrogen (secondary N) is 3. The summed E-state index contributed by atoms with van der Waals surface area (Å²) in [5.74, 6) is 12.8. The van der Waals surface area contributed by atoms with E-state index >= 15 is 0 Å². The van der Waals surface area contributed by atoms with Gasteiger partial charge in [0.15, 0.2) is 0 Å². The van der Waals surface area contributed by atoms with Gasteiger partial charge in [-0.25, -0.2) is 4.79 Å². The Morgan fingerprint density at radius 2 is 1.01 bits per heavy atom. The van der Waals surface area contributed by atoms with Gasteiger partial charge < -0.3 is 40.8 Å². The molecule has 4 aliphatic rings. The fourth-order valence-corrected chi connectivity index (χ4v) is 8.89. The van der Waals surface area contributed by atoms with E-state index in [9.17, 15) is 72.5 Å². The molecule has 6 aromatic carbocycles. The lowest BCUT2D eigenvalue weighted by atomic mass is 9.90. The number of ether oxygens (including phenoxy) is 3. The number of fused-ring (bicyclic) bond motifs is 1. The molecule has 91 heavy (non-hydrogen) atoms. The molecule has 6 aromatic rings. The van der Waals surface area contributed by atoms with Crippen LogP contribution in [0.15, 0.2) is 121 Å². The van der Waals surface area contributed by atoms with Crippen LogP contribution >= 0.6 is 46.4 Å². The maximum Gasteiger partial charge on any atom is 0.454 e. The highest BCUT2D eigenvalue weighted by atomic mass is 35.5. The van der Waals surface area contributed by atoms with Crippen LogP contribution in [-0.4, -0.2) is 61.0 Å². The summed E-state index contributed by atoms with van der Waals surface area (Å²) in [7, 11) is 3.09. The number of hydrogen-bond acceptors (Lipinski definition) is 10. The standard InChI is InChI=1S/C21H19ClF3NO2.C16H13ClF3NO2.C14H9ClF3NO2.C13H11ClF3NO/c1-28-17-7-4-15(5-8-17)13-26-19-9-6-16(22)12-18(19)20(27,21(23,24)25)11-10-14-2-3-14;1-23-12-5-2-10(3-6-12)9-21-14-7-4-11(17)8-13(14)15(22)16(18,19)20;15-9-3-4-11-10(7-9)13(14(16,17)18,21-12(20)19-11)6-5-8-1-2-8;14-9-3-4-11(18)10(7-9)12(19,13(15,16)17)6-5-8-1-2-8/h4-9,12,14,26-27H,2-3,13H2,1H3;2-8,21H,9H2,1H3;3-4,7-8H,1-2H2,(H,19,20);3-4,7-8,19H,1-2,18H2/t20-;;13-;12-/m0.00/s1. The first kappa shape index (κ1) is 70.6. The van der Waals surface area contributed by atoms with Gasteiger partial charge in [-0.15, -0.1) is 0 Å². The largest absolute Gasteiger partial charge is 0.497 e. The molecule has 27 heteroatoms. The molecule has 7 N–H and O–H groups in total. The number of hydrogen-bond donors (Lipinski definition) is 6. The molecule has 11 nitrogen and oxygen atoms in total. The summed E-state index contributed by atoms with van der Waals surface area (Å²) in [4.78, 5) is 23.0. The zero-order valence-corrected chi connectivity index (χ0v) is 50.5. The minimum absolute atomic E-state index is 0.00179. The van der Waals surface area contributed by atoms with Crippen LogP contribution in [0, 0.1) is 53.3 Å². The van der Waals surface area contributed by atoms with Crippen molar-refractivity contribution in [2.45, 2.75) is 93.1 Å². The molecule has 0 saturated heterocycles. The molecule has 0 radical (unpaired) electrons. The molecule has 3 saturated carbocycles. The van der Waals surface area contributed by atoms with E-state index in [-0.39, 0.29) is 79.2 Å². The quantitative estimate of drug-likeness (QED) is 0.0318. The third-order valence-electron chi connectivity index (χ3n) is 13.7. The summed E-state index contributed by atoms with van der Waals surface area (Å²) in [6, 6.07) is 29.3. The molecule has 482 valence electrons. The van der Waals surface area contributed by atoms with E-state index in [0.717, 1.165) is 73.9 Å². The van der Waals surface area contributed by atoms with Gasteiger partial charge >= 0.3 is 30.8 Å². The van der Waals surface area contributed by atoms with E-state index < -0.39 is 70.1 Å². The Morgan fingerprint density at radius 1 is 0.593 bits per heavy atom. The van der Waals surface area contributed by atoms with Crippen LogP contribution in [0.5, 0.6) is 11.5 Å². The molecule has 0 spiro atoms. The van der Waals surface area contributed by atoms with E-state index in [4.69, 9.17) is 61.6 Å². The Bertz CT molecular complexity index is 3810. The Kier molecular flexibility index (Phi) is 22.3. The number of rotatable bonds is 11. The molecule has 1 aliphatic heterocycles. The number of halogens is 16. The van der Waals surface area contributed by atoms with Crippen LogP contribution < -0.4 is 31.2 Å². The number of anilines is 4. The normalized spacial score (nSPS) is 17.2. The zero-order chi connectivity index (χ0) is 66.9. The molecule has 10 rings (SSSR count). The Balaban J connectivity index is 0.000000174. The van der Waals surface area contributed by atoms with Gasteiger partial charge in [-0.05, 0) is 153 Å². The van der Waals surface area contributed by atoms with E-state index in [2.05, 4.69) is 50.3 Å². The lowest BCUT2D eigenvalue weighted by Crippen LogP contribution is -2.49. The van der Waals surface area contributed by atoms with Crippen molar-refractivity contribution in [1.29, 1.82) is 0 Å². The van der Waals surface area contributed by atoms with Gasteiger partial charge in [-0.3, -0.25) is 10.1 Å². The molecule has 3 aliphatic carbocycles. The Hall–Kier alpha value is -7.82. The van der Waals surface area contributed by atoms with Gasteiger partial charge in [0.1, 0.15) is 11.5 Å². The number of Topliss-reactive ketones (excluding diaryl/α,β-unsaturated/α-hetero) is 1. The Morgan fingerprint density at radius 3 is 1.47 bits per heavy atom. The molecule has 0 unspecified atom stereocenters. The molecule has 0 aromatic heterocycles. The second-order valence-corrected chi connectivity index (χ2v) is 22.5. The van der Waals surface area contributed by atoms with Crippen molar-refractivity contribution < 1.29 is 86.7 Å². The molecule has 3 atom stereocenters. The summed E-state index contributed by atoms with van der Waals surface area (Å²) in [6.45, 7) is 0.506. The average Bonchev–Trinajstić information content (AvgIpc) is 1.74. The van der Waals surface area contributed by atoms with E-state index in [1.54, 1.807) is 55.6 Å². The second kappa shape index (κ2) is 28.8. The van der Waals surface area contributed by atoms with Crippen LogP contribution in [0.3, 0.4) is 0 Å². The highest BCUT2D eigenvalue weighted by molar-refractivity contribution is 6.32. The van der Waals surface area contributed by atoms with Gasteiger partial charge in [-0.1, -0.05) is 100 Å². The summed E-state index contributed by atoms with van der Waals surface area (Å²) in [6.07, 6.45) is -16.4. The number of methoxy groups -OCH3 is 2. The number of ketones is 1. The van der Waals surface area contributed by atoms with Gasteiger partial charge in [0.2, 0.25) is 11.2 Å². The van der Waals surface area contributed by atoms with Crippen LogP contribution in [0.2, 0.25) is 20.1 Å². The lowest BCUT2D eigenvalue weighted by molar-refractivity contribution is -0.240. The fraction of sp³-hybridized carbons (Fsp3) is 0.312. The smallest absolute Gasteiger partial charge is 0.454 e. The monoisotopic (exact) mass is 1360 g/mol.